The highest BCUT2D eigenvalue weighted by molar-refractivity contribution is 7.80. The second kappa shape index (κ2) is 7.06. The number of hydrogen-bond donors (Lipinski definition) is 2. The van der Waals surface area contributed by atoms with E-state index in [1.165, 1.54) is 19.2 Å². The van der Waals surface area contributed by atoms with Crippen LogP contribution in [0.4, 0.5) is 17.1 Å². The third-order valence-corrected chi connectivity index (χ3v) is 3.31. The van der Waals surface area contributed by atoms with Gasteiger partial charge in [0.25, 0.3) is 5.69 Å². The van der Waals surface area contributed by atoms with E-state index in [0.717, 1.165) is 0 Å². The third kappa shape index (κ3) is 3.84. The summed E-state index contributed by atoms with van der Waals surface area (Å²) in [5.41, 5.74) is 0.732. The second-order valence-electron chi connectivity index (χ2n) is 4.20. The number of halogens is 1. The molecule has 8 heteroatoms. The predicted molar refractivity (Wildman–Crippen MR) is 90.9 cm³/mol. The molecule has 0 heterocycles. The minimum Gasteiger partial charge on any atom is -0.496 e. The number of anilines is 2. The average molecular weight is 338 g/mol. The van der Waals surface area contributed by atoms with Gasteiger partial charge in [-0.3, -0.25) is 10.1 Å². The number of hydrogen-bond acceptors (Lipinski definition) is 4. The summed E-state index contributed by atoms with van der Waals surface area (Å²) in [5.74, 6) is 0.391. The van der Waals surface area contributed by atoms with Gasteiger partial charge < -0.3 is 15.4 Å². The summed E-state index contributed by atoms with van der Waals surface area (Å²) >= 11 is 11.2. The third-order valence-electron chi connectivity index (χ3n) is 2.77. The summed E-state index contributed by atoms with van der Waals surface area (Å²) in [6, 6.07) is 11.5. The van der Waals surface area contributed by atoms with Gasteiger partial charge in [-0.25, -0.2) is 0 Å². The summed E-state index contributed by atoms with van der Waals surface area (Å²) in [5, 5.41) is 17.5. The fourth-order valence-corrected chi connectivity index (χ4v) is 2.14. The number of nitrogens with zero attached hydrogens (tertiary/aromatic N) is 1. The standard InChI is InChI=1S/C14H12ClN3O3S/c1-21-9-6-7-12(13(8-9)18(19)20)17-14(22)16-11-5-3-2-4-10(11)15/h2-8H,1H3,(H2,16,17,22). The lowest BCUT2D eigenvalue weighted by Crippen LogP contribution is -2.19. The van der Waals surface area contributed by atoms with Gasteiger partial charge in [-0.05, 0) is 36.5 Å². The summed E-state index contributed by atoms with van der Waals surface area (Å²) in [7, 11) is 1.44. The molecule has 0 saturated carbocycles. The summed E-state index contributed by atoms with van der Waals surface area (Å²) < 4.78 is 4.98. The fourth-order valence-electron chi connectivity index (χ4n) is 1.73. The first kappa shape index (κ1) is 16.0. The molecule has 0 aromatic heterocycles. The Labute approximate surface area is 137 Å². The Morgan fingerprint density at radius 2 is 1.91 bits per heavy atom. The molecular weight excluding hydrogens is 326 g/mol. The van der Waals surface area contributed by atoms with Crippen LogP contribution >= 0.6 is 23.8 Å². The van der Waals surface area contributed by atoms with Gasteiger partial charge in [-0.1, -0.05) is 23.7 Å². The van der Waals surface area contributed by atoms with Crippen molar-refractivity contribution in [3.8, 4) is 5.75 Å². The molecule has 0 aliphatic carbocycles. The molecule has 2 N–H and O–H groups in total. The maximum absolute atomic E-state index is 11.1. The van der Waals surface area contributed by atoms with Crippen LogP contribution in [0, 0.1) is 10.1 Å². The van der Waals surface area contributed by atoms with Crippen molar-refractivity contribution in [2.24, 2.45) is 0 Å². The van der Waals surface area contributed by atoms with Crippen LogP contribution in [0.2, 0.25) is 5.02 Å². The lowest BCUT2D eigenvalue weighted by molar-refractivity contribution is -0.384. The monoisotopic (exact) mass is 337 g/mol. The highest BCUT2D eigenvalue weighted by atomic mass is 35.5. The van der Waals surface area contributed by atoms with Gasteiger partial charge >= 0.3 is 0 Å². The first-order valence-electron chi connectivity index (χ1n) is 6.16. The minimum absolute atomic E-state index is 0.136. The highest BCUT2D eigenvalue weighted by Gasteiger charge is 2.16. The smallest absolute Gasteiger partial charge is 0.296 e. The van der Waals surface area contributed by atoms with E-state index in [4.69, 9.17) is 28.6 Å². The van der Waals surface area contributed by atoms with Crippen molar-refractivity contribution in [3.63, 3.8) is 0 Å². The van der Waals surface area contributed by atoms with Crippen molar-refractivity contribution < 1.29 is 9.66 Å². The molecule has 22 heavy (non-hydrogen) atoms. The molecule has 0 bridgehead atoms. The van der Waals surface area contributed by atoms with E-state index in [0.29, 0.717) is 16.5 Å². The van der Waals surface area contributed by atoms with Crippen LogP contribution in [0.1, 0.15) is 0 Å². The van der Waals surface area contributed by atoms with E-state index >= 15 is 0 Å². The number of benzene rings is 2. The van der Waals surface area contributed by atoms with E-state index < -0.39 is 4.92 Å². The molecule has 114 valence electrons. The second-order valence-corrected chi connectivity index (χ2v) is 5.01. The molecule has 0 radical (unpaired) electrons. The Morgan fingerprint density at radius 1 is 1.23 bits per heavy atom. The van der Waals surface area contributed by atoms with E-state index in [2.05, 4.69) is 10.6 Å². The van der Waals surface area contributed by atoms with Gasteiger partial charge in [0, 0.05) is 0 Å². The molecule has 2 aromatic rings. The van der Waals surface area contributed by atoms with Gasteiger partial charge in [0.2, 0.25) is 0 Å². The average Bonchev–Trinajstić information content (AvgIpc) is 2.49. The Balaban J connectivity index is 2.18. The lowest BCUT2D eigenvalue weighted by atomic mass is 10.2. The summed E-state index contributed by atoms with van der Waals surface area (Å²) in [6.45, 7) is 0. The zero-order valence-corrected chi connectivity index (χ0v) is 13.1. The number of nitro groups is 1. The van der Waals surface area contributed by atoms with E-state index in [-0.39, 0.29) is 16.5 Å². The molecule has 0 saturated heterocycles. The Morgan fingerprint density at radius 3 is 2.55 bits per heavy atom. The first-order valence-corrected chi connectivity index (χ1v) is 6.95. The van der Waals surface area contributed by atoms with Crippen LogP contribution in [0.3, 0.4) is 0 Å². The van der Waals surface area contributed by atoms with Crippen LogP contribution in [-0.4, -0.2) is 17.1 Å². The number of para-hydroxylation sites is 1. The van der Waals surface area contributed by atoms with E-state index in [1.54, 1.807) is 30.3 Å². The Bertz CT molecular complexity index is 724. The van der Waals surface area contributed by atoms with E-state index in [9.17, 15) is 10.1 Å². The topological polar surface area (TPSA) is 76.4 Å². The van der Waals surface area contributed by atoms with Crippen molar-refractivity contribution in [1.29, 1.82) is 0 Å². The predicted octanol–water partition coefficient (Wildman–Crippen LogP) is 4.07. The van der Waals surface area contributed by atoms with Crippen LogP contribution < -0.4 is 15.4 Å². The molecule has 6 nitrogen and oxygen atoms in total. The van der Waals surface area contributed by atoms with Gasteiger partial charge in [0.15, 0.2) is 5.11 Å². The number of ether oxygens (including phenoxy) is 1. The zero-order valence-electron chi connectivity index (χ0n) is 11.5. The van der Waals surface area contributed by atoms with Crippen LogP contribution in [-0.2, 0) is 0 Å². The van der Waals surface area contributed by atoms with E-state index in [1.807, 2.05) is 0 Å². The number of rotatable bonds is 4. The number of nitro benzene ring substituents is 1. The SMILES string of the molecule is COc1ccc(NC(=S)Nc2ccccc2Cl)c([N+](=O)[O-])c1. The van der Waals surface area contributed by atoms with Gasteiger partial charge in [-0.2, -0.15) is 0 Å². The van der Waals surface area contributed by atoms with Crippen molar-refractivity contribution in [2.75, 3.05) is 17.7 Å². The minimum atomic E-state index is -0.511. The largest absolute Gasteiger partial charge is 0.496 e. The molecule has 0 aliphatic rings. The Hall–Kier alpha value is -2.38. The zero-order chi connectivity index (χ0) is 16.1. The van der Waals surface area contributed by atoms with Crippen molar-refractivity contribution in [2.45, 2.75) is 0 Å². The molecule has 0 atom stereocenters. The van der Waals surface area contributed by atoms with Crippen molar-refractivity contribution in [1.82, 2.24) is 0 Å². The number of thiocarbonyl (C=S) groups is 1. The lowest BCUT2D eigenvalue weighted by Gasteiger charge is -2.12. The molecule has 0 amide bonds. The molecular formula is C14H12ClN3O3S. The van der Waals surface area contributed by atoms with Crippen molar-refractivity contribution in [3.05, 3.63) is 57.6 Å². The number of methoxy groups -OCH3 is 1. The summed E-state index contributed by atoms with van der Waals surface area (Å²) in [4.78, 5) is 10.6. The van der Waals surface area contributed by atoms with Gasteiger partial charge in [0.1, 0.15) is 11.4 Å². The molecule has 0 fully saturated rings. The van der Waals surface area contributed by atoms with Gasteiger partial charge in [-0.15, -0.1) is 0 Å². The maximum atomic E-state index is 11.1. The molecule has 0 unspecified atom stereocenters. The first-order chi connectivity index (χ1) is 10.5. The van der Waals surface area contributed by atoms with Crippen LogP contribution in [0.5, 0.6) is 5.75 Å². The van der Waals surface area contributed by atoms with Crippen LogP contribution in [0.25, 0.3) is 0 Å². The highest BCUT2D eigenvalue weighted by Crippen LogP contribution is 2.29. The van der Waals surface area contributed by atoms with Crippen molar-refractivity contribution >= 4 is 46.0 Å². The van der Waals surface area contributed by atoms with Crippen LogP contribution in [0.15, 0.2) is 42.5 Å². The fraction of sp³-hybridized carbons (Fsp3) is 0.0714. The maximum Gasteiger partial charge on any atom is 0.296 e. The molecule has 2 rings (SSSR count). The van der Waals surface area contributed by atoms with Gasteiger partial charge in [0.05, 0.1) is 28.8 Å². The number of nitrogens with one attached hydrogen (secondary N) is 2. The quantitative estimate of drug-likeness (QED) is 0.497. The molecule has 0 aliphatic heterocycles. The summed E-state index contributed by atoms with van der Waals surface area (Å²) in [6.07, 6.45) is 0. The molecule has 2 aromatic carbocycles. The normalized spacial score (nSPS) is 9.91. The Kier molecular flexibility index (Phi) is 5.13. The molecule has 0 spiro atoms.